The number of nitrogens with zero attached hydrogens (tertiary/aromatic N) is 4. The Morgan fingerprint density at radius 1 is 1.32 bits per heavy atom. The lowest BCUT2D eigenvalue weighted by Crippen LogP contribution is -2.41. The number of nitrogens with one attached hydrogen (secondary N) is 2. The molecule has 2 atom stereocenters. The third-order valence-corrected chi connectivity index (χ3v) is 8.11. The van der Waals surface area contributed by atoms with Gasteiger partial charge in [-0.3, -0.25) is 5.10 Å². The van der Waals surface area contributed by atoms with Gasteiger partial charge in [0.1, 0.15) is 12.4 Å². The average molecular weight is 439 g/mol. The van der Waals surface area contributed by atoms with Gasteiger partial charge in [-0.15, -0.1) is 0 Å². The lowest BCUT2D eigenvalue weighted by molar-refractivity contribution is 0.0856. The molecule has 0 saturated carbocycles. The minimum absolute atomic E-state index is 0.202. The van der Waals surface area contributed by atoms with Gasteiger partial charge in [0.25, 0.3) is 0 Å². The lowest BCUT2D eigenvalue weighted by atomic mass is 9.72. The van der Waals surface area contributed by atoms with Gasteiger partial charge >= 0.3 is 0 Å². The Hall–Kier alpha value is -2.45. The zero-order valence-electron chi connectivity index (χ0n) is 19.1. The Labute approximate surface area is 185 Å². The van der Waals surface area contributed by atoms with Crippen LogP contribution in [0.3, 0.4) is 0 Å². The molecule has 3 aromatic rings. The molecule has 0 bridgehead atoms. The summed E-state index contributed by atoms with van der Waals surface area (Å²) in [5.41, 5.74) is 6.47. The molecule has 0 spiro atoms. The van der Waals surface area contributed by atoms with E-state index in [2.05, 4.69) is 70.2 Å². The molecule has 8 heteroatoms. The van der Waals surface area contributed by atoms with Crippen LogP contribution >= 0.6 is 0 Å². The molecule has 0 aliphatic carbocycles. The Kier molecular flexibility index (Phi) is 6.29. The second-order valence-corrected chi connectivity index (χ2v) is 15.5. The Balaban J connectivity index is 1.62. The number of aromatic amines is 1. The van der Waals surface area contributed by atoms with Crippen molar-refractivity contribution < 1.29 is 4.74 Å². The second-order valence-electron chi connectivity index (χ2n) is 9.90. The maximum atomic E-state index is 6.19. The summed E-state index contributed by atoms with van der Waals surface area (Å²) < 4.78 is 8.44. The van der Waals surface area contributed by atoms with Gasteiger partial charge in [0.2, 0.25) is 0 Å². The fourth-order valence-corrected chi connectivity index (χ4v) is 5.04. The third kappa shape index (κ3) is 4.75. The van der Waals surface area contributed by atoms with E-state index in [1.54, 1.807) is 0 Å². The molecular weight excluding hydrogens is 404 g/mol. The van der Waals surface area contributed by atoms with Crippen molar-refractivity contribution in [3.05, 3.63) is 48.0 Å². The first-order chi connectivity index (χ1) is 14.9. The summed E-state index contributed by atoms with van der Waals surface area (Å²) in [6.45, 7) is 11.6. The van der Waals surface area contributed by atoms with Crippen molar-refractivity contribution in [1.82, 2.24) is 25.2 Å². The molecule has 0 amide bonds. The van der Waals surface area contributed by atoms with Gasteiger partial charge in [0, 0.05) is 50.9 Å². The maximum absolute atomic E-state index is 6.19. The van der Waals surface area contributed by atoms with Crippen molar-refractivity contribution in [3.8, 4) is 0 Å². The Morgan fingerprint density at radius 2 is 2.19 bits per heavy atom. The van der Waals surface area contributed by atoms with Crippen LogP contribution < -0.4 is 5.43 Å². The molecule has 1 aliphatic heterocycles. The fourth-order valence-electron chi connectivity index (χ4n) is 4.29. The first-order valence-corrected chi connectivity index (χ1v) is 14.9. The van der Waals surface area contributed by atoms with E-state index in [1.165, 1.54) is 11.3 Å². The molecule has 3 aromatic heterocycles. The highest BCUT2D eigenvalue weighted by Crippen LogP contribution is 2.38. The number of rotatable bonds is 10. The van der Waals surface area contributed by atoms with E-state index >= 15 is 0 Å². The van der Waals surface area contributed by atoms with Gasteiger partial charge in [0.05, 0.1) is 11.6 Å². The molecule has 0 fully saturated rings. The number of hydrogen-bond acceptors (Lipinski definition) is 5. The van der Waals surface area contributed by atoms with Crippen LogP contribution in [0.4, 0.5) is 0 Å². The van der Waals surface area contributed by atoms with E-state index in [4.69, 9.17) is 9.72 Å². The van der Waals surface area contributed by atoms with E-state index in [-0.39, 0.29) is 5.41 Å². The Bertz CT molecular complexity index is 1020. The summed E-state index contributed by atoms with van der Waals surface area (Å²) in [5.74, 6) is 0.381. The molecule has 31 heavy (non-hydrogen) atoms. The number of hydrogen-bond donors (Lipinski definition) is 2. The topological polar surface area (TPSA) is 80.1 Å². The molecule has 0 saturated heterocycles. The van der Waals surface area contributed by atoms with Gasteiger partial charge in [-0.05, 0) is 48.6 Å². The van der Waals surface area contributed by atoms with Crippen LogP contribution in [0.1, 0.15) is 24.6 Å². The average Bonchev–Trinajstić information content (AvgIpc) is 3.49. The fraction of sp³-hybridized carbons (Fsp3) is 0.522. The van der Waals surface area contributed by atoms with Gasteiger partial charge < -0.3 is 14.7 Å². The number of ether oxygens (including phenoxy) is 1. The van der Waals surface area contributed by atoms with Gasteiger partial charge in [-0.2, -0.15) is 10.2 Å². The number of fused-ring (bicyclic) bond motifs is 1. The highest BCUT2D eigenvalue weighted by molar-refractivity contribution is 6.76. The summed E-state index contributed by atoms with van der Waals surface area (Å²) in [6.07, 6.45) is 9.87. The number of aryl methyl sites for hydroxylation is 1. The molecule has 0 aromatic carbocycles. The minimum atomic E-state index is -1.13. The van der Waals surface area contributed by atoms with Crippen LogP contribution in [-0.4, -0.2) is 47.2 Å². The predicted molar refractivity (Wildman–Crippen MR) is 128 cm³/mol. The third-order valence-electron chi connectivity index (χ3n) is 6.41. The summed E-state index contributed by atoms with van der Waals surface area (Å²) >= 11 is 0. The highest BCUT2D eigenvalue weighted by Gasteiger charge is 2.42. The molecule has 2 N–H and O–H groups in total. The number of H-pyrrole nitrogens is 1. The molecule has 166 valence electrons. The van der Waals surface area contributed by atoms with Crippen LogP contribution in [-0.2, 0) is 23.3 Å². The quantitative estimate of drug-likeness (QED) is 0.368. The second kappa shape index (κ2) is 8.96. The van der Waals surface area contributed by atoms with Gasteiger partial charge in [-0.25, -0.2) is 4.98 Å². The van der Waals surface area contributed by atoms with Crippen LogP contribution in [0, 0.1) is 5.92 Å². The van der Waals surface area contributed by atoms with Crippen LogP contribution in [0.2, 0.25) is 25.7 Å². The van der Waals surface area contributed by atoms with Crippen molar-refractivity contribution in [1.29, 1.82) is 0 Å². The summed E-state index contributed by atoms with van der Waals surface area (Å²) in [4.78, 5) is 4.69. The van der Waals surface area contributed by atoms with E-state index in [9.17, 15) is 0 Å². The van der Waals surface area contributed by atoms with Crippen LogP contribution in [0.15, 0.2) is 41.9 Å². The van der Waals surface area contributed by atoms with Gasteiger partial charge in [0.15, 0.2) is 0 Å². The molecule has 4 heterocycles. The van der Waals surface area contributed by atoms with E-state index in [0.29, 0.717) is 12.6 Å². The molecule has 0 radical (unpaired) electrons. The monoisotopic (exact) mass is 438 g/mol. The first-order valence-electron chi connectivity index (χ1n) is 11.2. The minimum Gasteiger partial charge on any atom is -0.361 e. The zero-order valence-corrected chi connectivity index (χ0v) is 20.1. The van der Waals surface area contributed by atoms with Gasteiger partial charge in [-0.1, -0.05) is 26.6 Å². The van der Waals surface area contributed by atoms with Crippen molar-refractivity contribution in [2.24, 2.45) is 11.0 Å². The zero-order chi connectivity index (χ0) is 21.9. The molecular formula is C23H34N6OSi. The van der Waals surface area contributed by atoms with Crippen LogP contribution in [0.25, 0.3) is 11.0 Å². The largest absolute Gasteiger partial charge is 0.361 e. The summed E-state index contributed by atoms with van der Waals surface area (Å²) in [5, 5.41) is 12.6. The number of aromatic nitrogens is 4. The SMILES string of the molecule is CC(CCc1cn[nH]c1)C1(c2cc3cccnc3n2COCC[Si](C)(C)C)C=NNC1. The number of hydrazone groups is 1. The first kappa shape index (κ1) is 21.8. The van der Waals surface area contributed by atoms with Crippen LogP contribution in [0.5, 0.6) is 0 Å². The molecule has 7 nitrogen and oxygen atoms in total. The smallest absolute Gasteiger partial charge is 0.141 e. The van der Waals surface area contributed by atoms with Crippen molar-refractivity contribution in [2.75, 3.05) is 13.2 Å². The number of pyridine rings is 1. The van der Waals surface area contributed by atoms with Crippen molar-refractivity contribution >= 4 is 25.3 Å². The highest BCUT2D eigenvalue weighted by atomic mass is 28.3. The summed E-state index contributed by atoms with van der Waals surface area (Å²) in [7, 11) is -1.13. The molecule has 1 aliphatic rings. The lowest BCUT2D eigenvalue weighted by Gasteiger charge is -2.33. The standard InChI is InChI=1S/C23H34N6OSi/c1-18(7-8-19-13-25-26-14-19)23(15-27-28-16-23)21-12-20-6-5-9-24-22(20)29(21)17-30-10-11-31(2,3)4/h5-6,9,12-15,18,28H,7-8,10-11,16-17H2,1-4H3,(H,25,26). The molecule has 2 unspecified atom stereocenters. The van der Waals surface area contributed by atoms with Crippen molar-refractivity contribution in [3.63, 3.8) is 0 Å². The predicted octanol–water partition coefficient (Wildman–Crippen LogP) is 4.17. The van der Waals surface area contributed by atoms with Crippen molar-refractivity contribution in [2.45, 2.75) is 57.6 Å². The maximum Gasteiger partial charge on any atom is 0.141 e. The molecule has 4 rings (SSSR count). The van der Waals surface area contributed by atoms with E-state index in [0.717, 1.165) is 43.1 Å². The van der Waals surface area contributed by atoms with E-state index < -0.39 is 8.07 Å². The Morgan fingerprint density at radius 3 is 2.90 bits per heavy atom. The normalized spacial score (nSPS) is 19.7. The van der Waals surface area contributed by atoms with E-state index in [1.807, 2.05) is 24.7 Å². The summed E-state index contributed by atoms with van der Waals surface area (Å²) in [6, 6.07) is 7.56.